The molecule has 58 heavy (non-hydrogen) atoms. The van der Waals surface area contributed by atoms with E-state index < -0.39 is 5.41 Å². The number of para-hydroxylation sites is 4. The van der Waals surface area contributed by atoms with Gasteiger partial charge in [0.1, 0.15) is 11.2 Å². The van der Waals surface area contributed by atoms with Crippen LogP contribution in [0.3, 0.4) is 0 Å². The van der Waals surface area contributed by atoms with Gasteiger partial charge in [-0.05, 0) is 105 Å². The van der Waals surface area contributed by atoms with Crippen LogP contribution in [-0.2, 0) is 5.41 Å². The number of aromatic nitrogens is 1. The van der Waals surface area contributed by atoms with Crippen LogP contribution in [0, 0.1) is 0 Å². The van der Waals surface area contributed by atoms with E-state index in [4.69, 9.17) is 4.42 Å². The van der Waals surface area contributed by atoms with Gasteiger partial charge in [-0.25, -0.2) is 0 Å². The molecule has 0 radical (unpaired) electrons. The maximum atomic E-state index is 6.28. The first-order valence-corrected chi connectivity index (χ1v) is 20.0. The van der Waals surface area contributed by atoms with Gasteiger partial charge in [0.15, 0.2) is 0 Å². The van der Waals surface area contributed by atoms with E-state index in [1.165, 1.54) is 60.9 Å². The molecule has 0 bridgehead atoms. The smallest absolute Gasteiger partial charge is 0.136 e. The Bertz CT molecular complexity index is 3420. The topological polar surface area (TPSA) is 21.3 Å². The van der Waals surface area contributed by atoms with Gasteiger partial charge in [-0.15, -0.1) is 0 Å². The van der Waals surface area contributed by atoms with Gasteiger partial charge in [0, 0.05) is 32.9 Å². The summed E-state index contributed by atoms with van der Waals surface area (Å²) in [6.07, 6.45) is 0. The first kappa shape index (κ1) is 31.6. The minimum Gasteiger partial charge on any atom is -0.456 e. The summed E-state index contributed by atoms with van der Waals surface area (Å²) in [4.78, 5) is 2.44. The normalized spacial score (nSPS) is 13.3. The van der Waals surface area contributed by atoms with Crippen molar-refractivity contribution in [1.29, 1.82) is 0 Å². The highest BCUT2D eigenvalue weighted by Crippen LogP contribution is 2.62. The van der Waals surface area contributed by atoms with Gasteiger partial charge in [0.05, 0.1) is 27.8 Å². The van der Waals surface area contributed by atoms with Gasteiger partial charge in [0.2, 0.25) is 0 Å². The zero-order valence-electron chi connectivity index (χ0n) is 31.4. The molecule has 0 atom stereocenters. The Labute approximate surface area is 335 Å². The van der Waals surface area contributed by atoms with Crippen LogP contribution < -0.4 is 4.90 Å². The molecule has 0 saturated carbocycles. The first-order chi connectivity index (χ1) is 28.8. The molecular formula is C55H34N2O. The van der Waals surface area contributed by atoms with Gasteiger partial charge in [-0.1, -0.05) is 146 Å². The van der Waals surface area contributed by atoms with Crippen molar-refractivity contribution in [1.82, 2.24) is 4.57 Å². The summed E-state index contributed by atoms with van der Waals surface area (Å²) < 4.78 is 8.82. The van der Waals surface area contributed by atoms with Crippen molar-refractivity contribution in [3.63, 3.8) is 0 Å². The highest BCUT2D eigenvalue weighted by Gasteiger charge is 2.51. The standard InChI is InChI=1S/C55H34N2O/c1-2-14-37(15-3-1)56(38-29-26-35(27-30-38)36-28-31-42-41-18-7-13-25-51(41)58-52(42)34-36)50-33-32-47-54-53(50)43-19-6-11-23-48(43)57(54)49-24-12-10-22-46(49)55(47)44-20-8-4-16-39(44)40-17-5-9-21-45(40)55/h1-34H. The Hall–Kier alpha value is -7.62. The van der Waals surface area contributed by atoms with Crippen molar-refractivity contribution in [3.05, 3.63) is 229 Å². The summed E-state index contributed by atoms with van der Waals surface area (Å²) in [5.41, 5.74) is 18.5. The van der Waals surface area contributed by atoms with E-state index in [9.17, 15) is 0 Å². The molecule has 1 aliphatic heterocycles. The van der Waals surface area contributed by atoms with Crippen molar-refractivity contribution < 1.29 is 4.42 Å². The van der Waals surface area contributed by atoms with E-state index in [2.05, 4.69) is 204 Å². The molecule has 1 aliphatic carbocycles. The highest BCUT2D eigenvalue weighted by atomic mass is 16.3. The third-order valence-corrected chi connectivity index (χ3v) is 12.8. The molecule has 3 heteroatoms. The van der Waals surface area contributed by atoms with E-state index in [0.29, 0.717) is 0 Å². The number of furan rings is 1. The lowest BCUT2D eigenvalue weighted by molar-refractivity contribution is 0.669. The molecule has 0 N–H and O–H groups in total. The largest absolute Gasteiger partial charge is 0.456 e. The fourth-order valence-electron chi connectivity index (χ4n) is 10.5. The van der Waals surface area contributed by atoms with E-state index in [1.54, 1.807) is 0 Å². The summed E-state index contributed by atoms with van der Waals surface area (Å²) in [7, 11) is 0. The average molecular weight is 739 g/mol. The lowest BCUT2D eigenvalue weighted by Gasteiger charge is -2.40. The molecule has 3 heterocycles. The van der Waals surface area contributed by atoms with Crippen LogP contribution in [0.1, 0.15) is 22.3 Å². The molecule has 0 amide bonds. The van der Waals surface area contributed by atoms with Gasteiger partial charge in [-0.2, -0.15) is 0 Å². The number of hydrogen-bond donors (Lipinski definition) is 0. The number of anilines is 3. The van der Waals surface area contributed by atoms with E-state index >= 15 is 0 Å². The fraction of sp³-hybridized carbons (Fsp3) is 0.0182. The predicted molar refractivity (Wildman–Crippen MR) is 239 cm³/mol. The summed E-state index contributed by atoms with van der Waals surface area (Å²) in [5.74, 6) is 0. The van der Waals surface area contributed by atoms with Crippen LogP contribution in [0.2, 0.25) is 0 Å². The molecule has 1 spiro atoms. The van der Waals surface area contributed by atoms with Crippen molar-refractivity contribution in [2.75, 3.05) is 4.90 Å². The summed E-state index contributed by atoms with van der Waals surface area (Å²) in [6.45, 7) is 0. The minimum atomic E-state index is -0.481. The SMILES string of the molecule is c1ccc(N(c2ccc(-c3ccc4c(c3)oc3ccccc34)cc2)c2ccc3c4c2c2ccccc2n4-c2ccccc2C32c3ccccc3-c3ccccc32)cc1. The zero-order chi connectivity index (χ0) is 38.0. The molecule has 0 saturated heterocycles. The lowest BCUT2D eigenvalue weighted by Crippen LogP contribution is -2.33. The van der Waals surface area contributed by atoms with Gasteiger partial charge >= 0.3 is 0 Å². The quantitative estimate of drug-likeness (QED) is 0.179. The maximum Gasteiger partial charge on any atom is 0.136 e. The number of rotatable bonds is 4. The Kier molecular flexibility index (Phi) is 6.37. The second kappa shape index (κ2) is 11.7. The average Bonchev–Trinajstić information content (AvgIpc) is 3.94. The number of fused-ring (bicyclic) bond motifs is 15. The van der Waals surface area contributed by atoms with Gasteiger partial charge in [0.25, 0.3) is 0 Å². The molecule has 0 fully saturated rings. The molecule has 2 aromatic heterocycles. The maximum absolute atomic E-state index is 6.28. The molecule has 270 valence electrons. The Morgan fingerprint density at radius 2 is 1.02 bits per heavy atom. The zero-order valence-corrected chi connectivity index (χ0v) is 31.4. The van der Waals surface area contributed by atoms with Crippen molar-refractivity contribution in [2.24, 2.45) is 0 Å². The van der Waals surface area contributed by atoms with Crippen molar-refractivity contribution in [3.8, 4) is 27.9 Å². The molecule has 13 rings (SSSR count). The molecule has 11 aromatic rings. The van der Waals surface area contributed by atoms with Crippen LogP contribution in [0.25, 0.3) is 71.7 Å². The minimum absolute atomic E-state index is 0.481. The third kappa shape index (κ3) is 4.07. The van der Waals surface area contributed by atoms with Crippen LogP contribution >= 0.6 is 0 Å². The Morgan fingerprint density at radius 3 is 1.81 bits per heavy atom. The van der Waals surface area contributed by atoms with Crippen molar-refractivity contribution >= 4 is 60.8 Å². The Morgan fingerprint density at radius 1 is 0.414 bits per heavy atom. The summed E-state index contributed by atoms with van der Waals surface area (Å²) >= 11 is 0. The van der Waals surface area contributed by atoms with Crippen LogP contribution in [0.4, 0.5) is 17.1 Å². The summed E-state index contributed by atoms with van der Waals surface area (Å²) in [6, 6.07) is 75.5. The van der Waals surface area contributed by atoms with Crippen LogP contribution in [-0.4, -0.2) is 4.57 Å². The summed E-state index contributed by atoms with van der Waals surface area (Å²) in [5, 5.41) is 4.76. The second-order valence-corrected chi connectivity index (χ2v) is 15.6. The predicted octanol–water partition coefficient (Wildman–Crippen LogP) is 14.5. The second-order valence-electron chi connectivity index (χ2n) is 15.6. The van der Waals surface area contributed by atoms with Crippen molar-refractivity contribution in [2.45, 2.75) is 5.41 Å². The molecule has 9 aromatic carbocycles. The monoisotopic (exact) mass is 738 g/mol. The fourth-order valence-corrected chi connectivity index (χ4v) is 10.5. The number of hydrogen-bond acceptors (Lipinski definition) is 2. The third-order valence-electron chi connectivity index (χ3n) is 12.8. The number of nitrogens with zero attached hydrogens (tertiary/aromatic N) is 2. The van der Waals surface area contributed by atoms with Gasteiger partial charge < -0.3 is 13.9 Å². The lowest BCUT2D eigenvalue weighted by atomic mass is 9.65. The molecule has 3 nitrogen and oxygen atoms in total. The van der Waals surface area contributed by atoms with E-state index in [0.717, 1.165) is 50.1 Å². The first-order valence-electron chi connectivity index (χ1n) is 20.0. The number of benzene rings is 9. The van der Waals surface area contributed by atoms with Gasteiger partial charge in [-0.3, -0.25) is 0 Å². The highest BCUT2D eigenvalue weighted by molar-refractivity contribution is 6.19. The van der Waals surface area contributed by atoms with E-state index in [1.807, 2.05) is 12.1 Å². The molecule has 0 unspecified atom stereocenters. The molecule has 2 aliphatic rings. The molecular weight excluding hydrogens is 705 g/mol. The Balaban J connectivity index is 1.07. The van der Waals surface area contributed by atoms with E-state index in [-0.39, 0.29) is 0 Å². The van der Waals surface area contributed by atoms with Crippen LogP contribution in [0.15, 0.2) is 211 Å². The van der Waals surface area contributed by atoms with Crippen LogP contribution in [0.5, 0.6) is 0 Å².